The minimum atomic E-state index is 0.0535. The van der Waals surface area contributed by atoms with Crippen LogP contribution in [0.15, 0.2) is 76.4 Å². The van der Waals surface area contributed by atoms with E-state index in [0.717, 1.165) is 23.1 Å². The summed E-state index contributed by atoms with van der Waals surface area (Å²) in [5, 5.41) is 8.61. The Labute approximate surface area is 173 Å². The number of thioether (sulfide) groups is 1. The summed E-state index contributed by atoms with van der Waals surface area (Å²) >= 11 is 1.27. The SMILES string of the molecule is Cc1ccccc1-c1nnc(SCC(=O)c2ccc3c(c2)-c2ccccc2C3)o1. The highest BCUT2D eigenvalue weighted by Crippen LogP contribution is 2.37. The molecule has 1 aliphatic carbocycles. The maximum Gasteiger partial charge on any atom is 0.277 e. The molecule has 29 heavy (non-hydrogen) atoms. The first-order chi connectivity index (χ1) is 14.2. The van der Waals surface area contributed by atoms with Crippen molar-refractivity contribution in [3.05, 3.63) is 89.0 Å². The van der Waals surface area contributed by atoms with Gasteiger partial charge in [0.2, 0.25) is 5.89 Å². The third kappa shape index (κ3) is 3.38. The van der Waals surface area contributed by atoms with Gasteiger partial charge in [0, 0.05) is 11.1 Å². The number of aromatic nitrogens is 2. The summed E-state index contributed by atoms with van der Waals surface area (Å²) in [6.45, 7) is 2.00. The third-order valence-corrected chi connectivity index (χ3v) is 6.05. The molecule has 0 saturated carbocycles. The van der Waals surface area contributed by atoms with E-state index in [1.807, 2.05) is 49.4 Å². The van der Waals surface area contributed by atoms with Gasteiger partial charge in [0.25, 0.3) is 5.22 Å². The maximum atomic E-state index is 12.8. The molecule has 142 valence electrons. The Bertz CT molecular complexity index is 1230. The van der Waals surface area contributed by atoms with Crippen LogP contribution in [0.4, 0.5) is 0 Å². The third-order valence-electron chi connectivity index (χ3n) is 5.23. The van der Waals surface area contributed by atoms with Crippen LogP contribution >= 0.6 is 11.8 Å². The molecule has 1 aromatic heterocycles. The number of hydrogen-bond donors (Lipinski definition) is 0. The van der Waals surface area contributed by atoms with Gasteiger partial charge >= 0.3 is 0 Å². The highest BCUT2D eigenvalue weighted by atomic mass is 32.2. The van der Waals surface area contributed by atoms with Crippen molar-refractivity contribution in [3.63, 3.8) is 0 Å². The van der Waals surface area contributed by atoms with Crippen LogP contribution in [0.25, 0.3) is 22.6 Å². The van der Waals surface area contributed by atoms with Crippen LogP contribution in [-0.2, 0) is 6.42 Å². The molecule has 0 saturated heterocycles. The van der Waals surface area contributed by atoms with Crippen LogP contribution in [0.3, 0.4) is 0 Å². The van der Waals surface area contributed by atoms with E-state index in [-0.39, 0.29) is 11.5 Å². The lowest BCUT2D eigenvalue weighted by atomic mass is 10.0. The predicted octanol–water partition coefficient (Wildman–Crippen LogP) is 5.59. The summed E-state index contributed by atoms with van der Waals surface area (Å²) in [6, 6.07) is 22.2. The summed E-state index contributed by atoms with van der Waals surface area (Å²) in [5.41, 5.74) is 7.68. The van der Waals surface area contributed by atoms with Gasteiger partial charge in [-0.05, 0) is 53.3 Å². The molecule has 0 fully saturated rings. The van der Waals surface area contributed by atoms with Crippen LogP contribution in [0.5, 0.6) is 0 Å². The van der Waals surface area contributed by atoms with Crippen molar-refractivity contribution in [2.24, 2.45) is 0 Å². The van der Waals surface area contributed by atoms with Crippen molar-refractivity contribution in [1.29, 1.82) is 0 Å². The molecule has 1 heterocycles. The van der Waals surface area contributed by atoms with Crippen molar-refractivity contribution in [1.82, 2.24) is 10.2 Å². The molecule has 1 aliphatic rings. The Kier molecular flexibility index (Phi) is 4.52. The lowest BCUT2D eigenvalue weighted by Gasteiger charge is -2.04. The molecule has 0 bridgehead atoms. The van der Waals surface area contributed by atoms with Gasteiger partial charge in [-0.2, -0.15) is 0 Å². The lowest BCUT2D eigenvalue weighted by Crippen LogP contribution is -2.02. The number of aryl methyl sites for hydroxylation is 1. The first-order valence-electron chi connectivity index (χ1n) is 9.46. The van der Waals surface area contributed by atoms with E-state index in [4.69, 9.17) is 4.42 Å². The van der Waals surface area contributed by atoms with Crippen LogP contribution < -0.4 is 0 Å². The molecule has 5 rings (SSSR count). The highest BCUT2D eigenvalue weighted by Gasteiger charge is 2.20. The zero-order valence-electron chi connectivity index (χ0n) is 15.9. The minimum absolute atomic E-state index is 0.0535. The van der Waals surface area contributed by atoms with Crippen molar-refractivity contribution >= 4 is 17.5 Å². The number of carbonyl (C=O) groups excluding carboxylic acids is 1. The number of rotatable bonds is 5. The minimum Gasteiger partial charge on any atom is -0.411 e. The molecule has 0 radical (unpaired) electrons. The average Bonchev–Trinajstić information content (AvgIpc) is 3.36. The van der Waals surface area contributed by atoms with E-state index in [1.165, 1.54) is 28.5 Å². The van der Waals surface area contributed by atoms with Crippen molar-refractivity contribution in [2.45, 2.75) is 18.6 Å². The number of carbonyl (C=O) groups is 1. The molecule has 3 aromatic carbocycles. The topological polar surface area (TPSA) is 56.0 Å². The van der Waals surface area contributed by atoms with Gasteiger partial charge in [0.15, 0.2) is 5.78 Å². The Morgan fingerprint density at radius 3 is 2.55 bits per heavy atom. The molecule has 0 N–H and O–H groups in total. The number of benzene rings is 3. The van der Waals surface area contributed by atoms with Crippen molar-refractivity contribution in [3.8, 4) is 22.6 Å². The molecular formula is C24H18N2O2S. The van der Waals surface area contributed by atoms with Crippen LogP contribution in [0.1, 0.15) is 27.0 Å². The fraction of sp³-hybridized carbons (Fsp3) is 0.125. The van der Waals surface area contributed by atoms with Gasteiger partial charge in [-0.1, -0.05) is 66.4 Å². The summed E-state index contributed by atoms with van der Waals surface area (Å²) < 4.78 is 5.75. The zero-order chi connectivity index (χ0) is 19.8. The Morgan fingerprint density at radius 1 is 0.931 bits per heavy atom. The van der Waals surface area contributed by atoms with Gasteiger partial charge in [-0.15, -0.1) is 10.2 Å². The molecule has 0 spiro atoms. The van der Waals surface area contributed by atoms with Gasteiger partial charge in [-0.3, -0.25) is 4.79 Å². The number of fused-ring (bicyclic) bond motifs is 3. The van der Waals surface area contributed by atoms with E-state index in [0.29, 0.717) is 16.7 Å². The smallest absolute Gasteiger partial charge is 0.277 e. The number of Topliss-reactive ketones (excluding diaryl/α,β-unsaturated/α-hetero) is 1. The molecular weight excluding hydrogens is 380 g/mol. The zero-order valence-corrected chi connectivity index (χ0v) is 16.7. The van der Waals surface area contributed by atoms with E-state index < -0.39 is 0 Å². The quantitative estimate of drug-likeness (QED) is 0.285. The number of hydrogen-bond acceptors (Lipinski definition) is 5. The van der Waals surface area contributed by atoms with E-state index in [2.05, 4.69) is 34.5 Å². The standard InChI is InChI=1S/C24H18N2O2S/c1-15-6-2-4-8-19(15)23-25-26-24(28-23)29-14-22(27)18-11-10-17-12-16-7-3-5-9-20(16)21(17)13-18/h2-11,13H,12,14H2,1H3. The second-order valence-corrected chi connectivity index (χ2v) is 8.03. The van der Waals surface area contributed by atoms with Crippen LogP contribution in [0, 0.1) is 6.92 Å². The highest BCUT2D eigenvalue weighted by molar-refractivity contribution is 7.99. The Balaban J connectivity index is 1.31. The molecule has 4 nitrogen and oxygen atoms in total. The summed E-state index contributed by atoms with van der Waals surface area (Å²) in [6.07, 6.45) is 0.929. The average molecular weight is 398 g/mol. The Morgan fingerprint density at radius 2 is 1.69 bits per heavy atom. The second kappa shape index (κ2) is 7.33. The summed E-state index contributed by atoms with van der Waals surface area (Å²) in [4.78, 5) is 12.8. The molecule has 0 aliphatic heterocycles. The fourth-order valence-corrected chi connectivity index (χ4v) is 4.36. The molecule has 0 amide bonds. The largest absolute Gasteiger partial charge is 0.411 e. The van der Waals surface area contributed by atoms with Crippen LogP contribution in [-0.4, -0.2) is 21.7 Å². The van der Waals surface area contributed by atoms with Crippen molar-refractivity contribution in [2.75, 3.05) is 5.75 Å². The normalized spacial score (nSPS) is 11.9. The lowest BCUT2D eigenvalue weighted by molar-refractivity contribution is 0.102. The Hall–Kier alpha value is -3.18. The van der Waals surface area contributed by atoms with E-state index in [9.17, 15) is 4.79 Å². The molecule has 0 atom stereocenters. The van der Waals surface area contributed by atoms with Gasteiger partial charge in [0.1, 0.15) is 0 Å². The maximum absolute atomic E-state index is 12.8. The second-order valence-electron chi connectivity index (χ2n) is 7.11. The van der Waals surface area contributed by atoms with E-state index >= 15 is 0 Å². The van der Waals surface area contributed by atoms with Gasteiger partial charge < -0.3 is 4.42 Å². The fourth-order valence-electron chi connectivity index (χ4n) is 3.70. The number of nitrogens with zero attached hydrogens (tertiary/aromatic N) is 2. The predicted molar refractivity (Wildman–Crippen MR) is 114 cm³/mol. The first-order valence-corrected chi connectivity index (χ1v) is 10.4. The molecule has 4 aromatic rings. The van der Waals surface area contributed by atoms with Gasteiger partial charge in [0.05, 0.1) is 5.75 Å². The monoisotopic (exact) mass is 398 g/mol. The van der Waals surface area contributed by atoms with Crippen molar-refractivity contribution < 1.29 is 9.21 Å². The van der Waals surface area contributed by atoms with Gasteiger partial charge in [-0.25, -0.2) is 0 Å². The molecule has 0 unspecified atom stereocenters. The summed E-state index contributed by atoms with van der Waals surface area (Å²) in [7, 11) is 0. The first kappa shape index (κ1) is 17.9. The summed E-state index contributed by atoms with van der Waals surface area (Å²) in [5.74, 6) is 0.792. The van der Waals surface area contributed by atoms with E-state index in [1.54, 1.807) is 0 Å². The van der Waals surface area contributed by atoms with Crippen LogP contribution in [0.2, 0.25) is 0 Å². The number of ketones is 1. The molecule has 5 heteroatoms.